The van der Waals surface area contributed by atoms with E-state index in [9.17, 15) is 0 Å². The van der Waals surface area contributed by atoms with Gasteiger partial charge in [0.05, 0.1) is 17.8 Å². The number of thiazole rings is 1. The molecule has 0 aliphatic heterocycles. The van der Waals surface area contributed by atoms with Crippen LogP contribution in [0.15, 0.2) is 29.6 Å². The lowest BCUT2D eigenvalue weighted by Gasteiger charge is -2.01. The third-order valence-electron chi connectivity index (χ3n) is 2.24. The molecule has 1 heterocycles. The van der Waals surface area contributed by atoms with Gasteiger partial charge in [0, 0.05) is 17.4 Å². The summed E-state index contributed by atoms with van der Waals surface area (Å²) in [5, 5.41) is 3.21. The van der Waals surface area contributed by atoms with Crippen molar-refractivity contribution in [3.05, 3.63) is 34.7 Å². The van der Waals surface area contributed by atoms with Crippen LogP contribution < -0.4 is 4.74 Å². The Bertz CT molecular complexity index is 468. The third kappa shape index (κ3) is 2.57. The average Bonchev–Trinajstić information content (AvgIpc) is 2.78. The van der Waals surface area contributed by atoms with Gasteiger partial charge in [0.15, 0.2) is 0 Å². The molecule has 0 amide bonds. The van der Waals surface area contributed by atoms with E-state index in [-0.39, 0.29) is 0 Å². The molecular formula is C12H13NOS2. The molecule has 0 aliphatic carbocycles. The molecule has 0 saturated heterocycles. The molecule has 1 aromatic carbocycles. The van der Waals surface area contributed by atoms with Crippen molar-refractivity contribution in [2.24, 2.45) is 0 Å². The number of aromatic nitrogens is 1. The average molecular weight is 251 g/mol. The van der Waals surface area contributed by atoms with Gasteiger partial charge in [0.25, 0.3) is 0 Å². The second-order valence-corrected chi connectivity index (χ2v) is 4.72. The molecule has 84 valence electrons. The number of ether oxygens (including phenoxy) is 1. The zero-order valence-corrected chi connectivity index (χ0v) is 10.7. The fourth-order valence-electron chi connectivity index (χ4n) is 1.44. The minimum Gasteiger partial charge on any atom is -0.497 e. The lowest BCUT2D eigenvalue weighted by molar-refractivity contribution is 0.415. The van der Waals surface area contributed by atoms with Gasteiger partial charge in [-0.05, 0) is 17.9 Å². The highest BCUT2D eigenvalue weighted by Crippen LogP contribution is 2.25. The molecular weight excluding hydrogens is 238 g/mol. The highest BCUT2D eigenvalue weighted by Gasteiger charge is 2.04. The molecule has 0 aliphatic rings. The van der Waals surface area contributed by atoms with Crippen LogP contribution in [0.1, 0.15) is 5.01 Å². The van der Waals surface area contributed by atoms with Gasteiger partial charge in [0.1, 0.15) is 5.75 Å². The summed E-state index contributed by atoms with van der Waals surface area (Å²) in [6, 6.07) is 7.96. The van der Waals surface area contributed by atoms with E-state index in [4.69, 9.17) is 4.74 Å². The Labute approximate surface area is 105 Å². The Morgan fingerprint density at radius 3 is 3.06 bits per heavy atom. The zero-order chi connectivity index (χ0) is 11.4. The van der Waals surface area contributed by atoms with E-state index in [1.807, 2.05) is 24.3 Å². The second kappa shape index (κ2) is 5.37. The highest BCUT2D eigenvalue weighted by atomic mass is 32.1. The van der Waals surface area contributed by atoms with E-state index in [2.05, 4.69) is 23.0 Å². The number of methoxy groups -OCH3 is 1. The van der Waals surface area contributed by atoms with Crippen molar-refractivity contribution in [1.82, 2.24) is 4.98 Å². The van der Waals surface area contributed by atoms with Crippen molar-refractivity contribution in [2.75, 3.05) is 12.9 Å². The molecule has 2 aromatic rings. The van der Waals surface area contributed by atoms with Gasteiger partial charge < -0.3 is 4.74 Å². The van der Waals surface area contributed by atoms with Gasteiger partial charge in [-0.2, -0.15) is 12.6 Å². The maximum Gasteiger partial charge on any atom is 0.119 e. The number of aryl methyl sites for hydroxylation is 1. The number of nitrogens with zero attached hydrogens (tertiary/aromatic N) is 1. The van der Waals surface area contributed by atoms with E-state index < -0.39 is 0 Å². The highest BCUT2D eigenvalue weighted by molar-refractivity contribution is 7.80. The summed E-state index contributed by atoms with van der Waals surface area (Å²) >= 11 is 5.89. The number of benzene rings is 1. The molecule has 0 atom stereocenters. The predicted molar refractivity (Wildman–Crippen MR) is 71.7 cm³/mol. The Hall–Kier alpha value is -1.00. The molecule has 0 radical (unpaired) electrons. The molecule has 0 unspecified atom stereocenters. The van der Waals surface area contributed by atoms with Crippen molar-refractivity contribution < 1.29 is 4.74 Å². The van der Waals surface area contributed by atoms with Gasteiger partial charge in [-0.15, -0.1) is 11.3 Å². The normalized spacial score (nSPS) is 10.4. The monoisotopic (exact) mass is 251 g/mol. The van der Waals surface area contributed by atoms with Gasteiger partial charge in [-0.25, -0.2) is 4.98 Å². The van der Waals surface area contributed by atoms with E-state index in [0.29, 0.717) is 0 Å². The van der Waals surface area contributed by atoms with Gasteiger partial charge >= 0.3 is 0 Å². The molecule has 0 spiro atoms. The standard InChI is InChI=1S/C12H13NOS2/c1-14-10-4-2-3-9(7-10)11-8-16-12(13-11)5-6-15/h2-4,7-8,15H,5-6H2,1H3. The molecule has 4 heteroatoms. The molecule has 0 bridgehead atoms. The molecule has 0 saturated carbocycles. The summed E-state index contributed by atoms with van der Waals surface area (Å²) in [4.78, 5) is 4.56. The topological polar surface area (TPSA) is 22.1 Å². The van der Waals surface area contributed by atoms with Gasteiger partial charge in [-0.1, -0.05) is 12.1 Å². The summed E-state index contributed by atoms with van der Waals surface area (Å²) in [6.45, 7) is 0. The molecule has 16 heavy (non-hydrogen) atoms. The molecule has 0 fully saturated rings. The fraction of sp³-hybridized carbons (Fsp3) is 0.250. The number of rotatable bonds is 4. The molecule has 1 aromatic heterocycles. The van der Waals surface area contributed by atoms with Crippen molar-refractivity contribution in [3.63, 3.8) is 0 Å². The molecule has 0 N–H and O–H groups in total. The lowest BCUT2D eigenvalue weighted by Crippen LogP contribution is -1.86. The van der Waals surface area contributed by atoms with Crippen LogP contribution in [0.3, 0.4) is 0 Å². The van der Waals surface area contributed by atoms with Crippen molar-refractivity contribution in [2.45, 2.75) is 6.42 Å². The molecule has 2 rings (SSSR count). The zero-order valence-electron chi connectivity index (χ0n) is 9.01. The van der Waals surface area contributed by atoms with Crippen molar-refractivity contribution >= 4 is 24.0 Å². The van der Waals surface area contributed by atoms with Crippen LogP contribution in [0.5, 0.6) is 5.75 Å². The van der Waals surface area contributed by atoms with Crippen LogP contribution in [0.4, 0.5) is 0 Å². The molecule has 2 nitrogen and oxygen atoms in total. The lowest BCUT2D eigenvalue weighted by atomic mass is 10.2. The summed E-state index contributed by atoms with van der Waals surface area (Å²) in [5.41, 5.74) is 2.11. The summed E-state index contributed by atoms with van der Waals surface area (Å²) in [6.07, 6.45) is 0.928. The Kier molecular flexibility index (Phi) is 3.85. The van der Waals surface area contributed by atoms with Crippen LogP contribution in [0, 0.1) is 0 Å². The first-order chi connectivity index (χ1) is 7.83. The Morgan fingerprint density at radius 2 is 2.31 bits per heavy atom. The maximum atomic E-state index is 5.19. The summed E-state index contributed by atoms with van der Waals surface area (Å²) < 4.78 is 5.19. The maximum absolute atomic E-state index is 5.19. The number of hydrogen-bond donors (Lipinski definition) is 1. The third-order valence-corrected chi connectivity index (χ3v) is 3.38. The summed E-state index contributed by atoms with van der Waals surface area (Å²) in [7, 11) is 1.67. The fourth-order valence-corrected chi connectivity index (χ4v) is 2.61. The minimum atomic E-state index is 0.838. The van der Waals surface area contributed by atoms with Crippen LogP contribution >= 0.6 is 24.0 Å². The quantitative estimate of drug-likeness (QED) is 0.842. The van der Waals surface area contributed by atoms with E-state index in [1.165, 1.54) is 0 Å². The van der Waals surface area contributed by atoms with Crippen molar-refractivity contribution in [1.29, 1.82) is 0 Å². The van der Waals surface area contributed by atoms with Crippen LogP contribution in [-0.2, 0) is 6.42 Å². The first kappa shape index (κ1) is 11.5. The Morgan fingerprint density at radius 1 is 1.44 bits per heavy atom. The van der Waals surface area contributed by atoms with E-state index in [1.54, 1.807) is 18.4 Å². The predicted octanol–water partition coefficient (Wildman–Crippen LogP) is 3.29. The van der Waals surface area contributed by atoms with E-state index >= 15 is 0 Å². The van der Waals surface area contributed by atoms with Gasteiger partial charge in [0.2, 0.25) is 0 Å². The first-order valence-corrected chi connectivity index (χ1v) is 6.54. The largest absolute Gasteiger partial charge is 0.497 e. The SMILES string of the molecule is COc1cccc(-c2csc(CCS)n2)c1. The Balaban J connectivity index is 2.27. The van der Waals surface area contributed by atoms with Crippen LogP contribution in [-0.4, -0.2) is 17.8 Å². The second-order valence-electron chi connectivity index (χ2n) is 3.33. The smallest absolute Gasteiger partial charge is 0.119 e. The van der Waals surface area contributed by atoms with Crippen LogP contribution in [0.25, 0.3) is 11.3 Å². The van der Waals surface area contributed by atoms with Gasteiger partial charge in [-0.3, -0.25) is 0 Å². The number of thiol groups is 1. The number of hydrogen-bond acceptors (Lipinski definition) is 4. The minimum absolute atomic E-state index is 0.838. The van der Waals surface area contributed by atoms with Crippen molar-refractivity contribution in [3.8, 4) is 17.0 Å². The first-order valence-electron chi connectivity index (χ1n) is 5.03. The summed E-state index contributed by atoms with van der Waals surface area (Å²) in [5.74, 6) is 1.70. The van der Waals surface area contributed by atoms with E-state index in [0.717, 1.165) is 34.2 Å². The van der Waals surface area contributed by atoms with Crippen LogP contribution in [0.2, 0.25) is 0 Å².